The van der Waals surface area contributed by atoms with Crippen molar-refractivity contribution in [3.05, 3.63) is 83.4 Å². The molecule has 2 amide bonds. The molecule has 0 bridgehead atoms. The average molecular weight is 530 g/mol. The molecule has 3 aromatic rings. The summed E-state index contributed by atoms with van der Waals surface area (Å²) < 4.78 is 5.49. The number of hydrogen-bond acceptors (Lipinski definition) is 5. The monoisotopic (exact) mass is 529 g/mol. The first-order chi connectivity index (χ1) is 19.2. The molecule has 2 heterocycles. The zero-order valence-electron chi connectivity index (χ0n) is 23.2. The van der Waals surface area contributed by atoms with Crippen LogP contribution in [0.25, 0.3) is 10.8 Å². The van der Waals surface area contributed by atoms with Gasteiger partial charge in [0, 0.05) is 51.9 Å². The number of benzene rings is 3. The number of rotatable bonds is 11. The fraction of sp³-hybridized carbons (Fsp3) is 0.469. The van der Waals surface area contributed by atoms with Crippen molar-refractivity contribution in [3.63, 3.8) is 0 Å². The second kappa shape index (κ2) is 13.9. The van der Waals surface area contributed by atoms with Crippen LogP contribution in [0.4, 0.5) is 4.79 Å². The molecule has 2 atom stereocenters. The van der Waals surface area contributed by atoms with E-state index in [1.807, 2.05) is 4.90 Å². The van der Waals surface area contributed by atoms with Gasteiger partial charge in [-0.05, 0) is 53.8 Å². The maximum absolute atomic E-state index is 13.6. The molecule has 39 heavy (non-hydrogen) atoms. The van der Waals surface area contributed by atoms with Gasteiger partial charge in [0.2, 0.25) is 0 Å². The quantitative estimate of drug-likeness (QED) is 0.346. The molecule has 7 nitrogen and oxygen atoms in total. The molecule has 2 saturated heterocycles. The molecule has 0 saturated carbocycles. The largest absolute Gasteiger partial charge is 0.379 e. The van der Waals surface area contributed by atoms with Gasteiger partial charge in [-0.3, -0.25) is 4.90 Å². The van der Waals surface area contributed by atoms with Crippen molar-refractivity contribution in [1.29, 1.82) is 0 Å². The van der Waals surface area contributed by atoms with Crippen LogP contribution < -0.4 is 16.0 Å². The highest BCUT2D eigenvalue weighted by molar-refractivity contribution is 5.86. The standard InChI is InChI=1S/C32H43N5O2/c1-25(30-9-4-7-28-6-2-3-8-31(28)30)35-32(38)37(17-5-16-36-18-20-39-21-19-36)24-27-12-10-26(11-13-27)22-34-29-14-15-33-23-29/h2-4,6-13,25,29,33-34H,5,14-24H2,1H3,(H,35,38)/t25-,29-/m0/s1. The van der Waals surface area contributed by atoms with Gasteiger partial charge in [-0.2, -0.15) is 0 Å². The molecular formula is C32H43N5O2. The van der Waals surface area contributed by atoms with Gasteiger partial charge in [0.1, 0.15) is 0 Å². The van der Waals surface area contributed by atoms with Crippen LogP contribution >= 0.6 is 0 Å². The van der Waals surface area contributed by atoms with E-state index in [2.05, 4.69) is 94.5 Å². The Kier molecular flexibility index (Phi) is 9.83. The summed E-state index contributed by atoms with van der Waals surface area (Å²) in [5.74, 6) is 0. The van der Waals surface area contributed by atoms with Crippen molar-refractivity contribution in [3.8, 4) is 0 Å². The number of carbonyl (C=O) groups excluding carboxylic acids is 1. The van der Waals surface area contributed by atoms with Gasteiger partial charge in [0.25, 0.3) is 0 Å². The fourth-order valence-corrected chi connectivity index (χ4v) is 5.62. The molecule has 5 rings (SSSR count). The van der Waals surface area contributed by atoms with Crippen LogP contribution in [0.15, 0.2) is 66.7 Å². The number of ether oxygens (including phenoxy) is 1. The smallest absolute Gasteiger partial charge is 0.318 e. The number of amides is 2. The predicted octanol–water partition coefficient (Wildman–Crippen LogP) is 4.29. The molecule has 2 aliphatic rings. The second-order valence-electron chi connectivity index (χ2n) is 10.9. The van der Waals surface area contributed by atoms with Crippen LogP contribution in [-0.2, 0) is 17.8 Å². The Balaban J connectivity index is 1.22. The average Bonchev–Trinajstić information content (AvgIpc) is 3.50. The van der Waals surface area contributed by atoms with Crippen LogP contribution in [0.2, 0.25) is 0 Å². The minimum absolute atomic E-state index is 0.0168. The molecule has 0 unspecified atom stereocenters. The number of urea groups is 1. The van der Waals surface area contributed by atoms with E-state index < -0.39 is 0 Å². The molecule has 2 fully saturated rings. The molecule has 7 heteroatoms. The number of carbonyl (C=O) groups is 1. The highest BCUT2D eigenvalue weighted by atomic mass is 16.5. The van der Waals surface area contributed by atoms with Crippen LogP contribution in [0, 0.1) is 0 Å². The third kappa shape index (κ3) is 7.79. The van der Waals surface area contributed by atoms with Gasteiger partial charge < -0.3 is 25.6 Å². The van der Waals surface area contributed by atoms with Crippen molar-refractivity contribution >= 4 is 16.8 Å². The van der Waals surface area contributed by atoms with E-state index in [9.17, 15) is 4.79 Å². The predicted molar refractivity (Wildman–Crippen MR) is 158 cm³/mol. The lowest BCUT2D eigenvalue weighted by Crippen LogP contribution is -2.43. The lowest BCUT2D eigenvalue weighted by Gasteiger charge is -2.29. The first kappa shape index (κ1) is 27.6. The minimum atomic E-state index is -0.0936. The first-order valence-corrected chi connectivity index (χ1v) is 14.5. The summed E-state index contributed by atoms with van der Waals surface area (Å²) in [6.45, 7) is 10.9. The highest BCUT2D eigenvalue weighted by Crippen LogP contribution is 2.24. The van der Waals surface area contributed by atoms with E-state index in [1.165, 1.54) is 22.8 Å². The van der Waals surface area contributed by atoms with Gasteiger partial charge in [0.15, 0.2) is 0 Å². The van der Waals surface area contributed by atoms with Crippen molar-refractivity contribution in [2.24, 2.45) is 0 Å². The topological polar surface area (TPSA) is 68.9 Å². The number of hydrogen-bond donors (Lipinski definition) is 3. The summed E-state index contributed by atoms with van der Waals surface area (Å²) in [6.07, 6.45) is 2.12. The van der Waals surface area contributed by atoms with Crippen LogP contribution in [-0.4, -0.2) is 74.4 Å². The molecular weight excluding hydrogens is 486 g/mol. The zero-order valence-corrected chi connectivity index (χ0v) is 23.2. The lowest BCUT2D eigenvalue weighted by atomic mass is 10.00. The normalized spacial score (nSPS) is 18.7. The molecule has 0 radical (unpaired) electrons. The minimum Gasteiger partial charge on any atom is -0.379 e. The number of nitrogens with zero attached hydrogens (tertiary/aromatic N) is 2. The number of fused-ring (bicyclic) bond motifs is 1. The fourth-order valence-electron chi connectivity index (χ4n) is 5.62. The lowest BCUT2D eigenvalue weighted by molar-refractivity contribution is 0.0364. The van der Waals surface area contributed by atoms with Crippen molar-refractivity contribution in [1.82, 2.24) is 25.8 Å². The van der Waals surface area contributed by atoms with Crippen molar-refractivity contribution in [2.75, 3.05) is 52.5 Å². The van der Waals surface area contributed by atoms with E-state index >= 15 is 0 Å². The summed E-state index contributed by atoms with van der Waals surface area (Å²) in [5, 5.41) is 12.7. The maximum Gasteiger partial charge on any atom is 0.318 e. The van der Waals surface area contributed by atoms with Gasteiger partial charge in [-0.1, -0.05) is 66.7 Å². The van der Waals surface area contributed by atoms with Gasteiger partial charge in [-0.15, -0.1) is 0 Å². The molecule has 3 N–H and O–H groups in total. The maximum atomic E-state index is 13.6. The third-order valence-electron chi connectivity index (χ3n) is 7.97. The van der Waals surface area contributed by atoms with Crippen LogP contribution in [0.3, 0.4) is 0 Å². The Labute approximate surface area is 232 Å². The van der Waals surface area contributed by atoms with E-state index in [-0.39, 0.29) is 12.1 Å². The van der Waals surface area contributed by atoms with Crippen molar-refractivity contribution in [2.45, 2.75) is 44.9 Å². The van der Waals surface area contributed by atoms with Gasteiger partial charge >= 0.3 is 6.03 Å². The molecule has 0 aromatic heterocycles. The second-order valence-corrected chi connectivity index (χ2v) is 10.9. The Morgan fingerprint density at radius 2 is 1.82 bits per heavy atom. The zero-order chi connectivity index (χ0) is 26.9. The summed E-state index contributed by atoms with van der Waals surface area (Å²) in [6, 6.07) is 23.8. The Bertz CT molecular complexity index is 1180. The third-order valence-corrected chi connectivity index (χ3v) is 7.97. The highest BCUT2D eigenvalue weighted by Gasteiger charge is 2.19. The van der Waals surface area contributed by atoms with E-state index in [0.29, 0.717) is 19.1 Å². The Morgan fingerprint density at radius 1 is 1.05 bits per heavy atom. The van der Waals surface area contributed by atoms with E-state index in [4.69, 9.17) is 4.74 Å². The summed E-state index contributed by atoms with van der Waals surface area (Å²) in [5.41, 5.74) is 3.57. The van der Waals surface area contributed by atoms with Gasteiger partial charge in [-0.25, -0.2) is 4.79 Å². The summed E-state index contributed by atoms with van der Waals surface area (Å²) in [7, 11) is 0. The van der Waals surface area contributed by atoms with E-state index in [0.717, 1.165) is 70.0 Å². The SMILES string of the molecule is C[C@H](NC(=O)N(CCCN1CCOCC1)Cc1ccc(CN[C@H]2CCNC2)cc1)c1cccc2ccccc12. The molecule has 3 aromatic carbocycles. The number of morpholine rings is 1. The molecule has 0 spiro atoms. The van der Waals surface area contributed by atoms with Crippen molar-refractivity contribution < 1.29 is 9.53 Å². The molecule has 2 aliphatic heterocycles. The summed E-state index contributed by atoms with van der Waals surface area (Å²) >= 11 is 0. The molecule has 208 valence electrons. The van der Waals surface area contributed by atoms with Gasteiger partial charge in [0.05, 0.1) is 19.3 Å². The number of nitrogens with one attached hydrogen (secondary N) is 3. The molecule has 0 aliphatic carbocycles. The summed E-state index contributed by atoms with van der Waals surface area (Å²) in [4.78, 5) is 18.0. The van der Waals surface area contributed by atoms with Crippen LogP contribution in [0.1, 0.15) is 42.5 Å². The Morgan fingerprint density at radius 3 is 2.62 bits per heavy atom. The van der Waals surface area contributed by atoms with Crippen LogP contribution in [0.5, 0.6) is 0 Å². The Hall–Kier alpha value is -2.97. The first-order valence-electron chi connectivity index (χ1n) is 14.5. The van der Waals surface area contributed by atoms with E-state index in [1.54, 1.807) is 0 Å².